The summed E-state index contributed by atoms with van der Waals surface area (Å²) >= 11 is 6.43. The third kappa shape index (κ3) is 3.49. The average molecular weight is 438 g/mol. The highest BCUT2D eigenvalue weighted by Crippen LogP contribution is 2.37. The number of methoxy groups -OCH3 is 1. The van der Waals surface area contributed by atoms with E-state index in [2.05, 4.69) is 4.98 Å². The average Bonchev–Trinajstić information content (AvgIpc) is 3.00. The molecule has 1 aliphatic rings. The van der Waals surface area contributed by atoms with Crippen LogP contribution >= 0.6 is 24.0 Å². The minimum Gasteiger partial charge on any atom is -0.507 e. The van der Waals surface area contributed by atoms with Gasteiger partial charge in [-0.2, -0.15) is 0 Å². The fourth-order valence-corrected chi connectivity index (χ4v) is 4.33. The predicted molar refractivity (Wildman–Crippen MR) is 119 cm³/mol. The Morgan fingerprint density at radius 1 is 1.23 bits per heavy atom. The van der Waals surface area contributed by atoms with E-state index in [4.69, 9.17) is 22.1 Å². The largest absolute Gasteiger partial charge is 0.507 e. The van der Waals surface area contributed by atoms with Crippen LogP contribution in [0.2, 0.25) is 0 Å². The molecule has 2 aromatic carbocycles. The number of pyridine rings is 1. The van der Waals surface area contributed by atoms with E-state index >= 15 is 0 Å². The lowest BCUT2D eigenvalue weighted by Crippen LogP contribution is -2.27. The number of carbonyl (C=O) groups excluding carboxylic acids is 1. The molecule has 2 heterocycles. The van der Waals surface area contributed by atoms with Gasteiger partial charge in [0.25, 0.3) is 5.91 Å². The number of nitrogens with zero attached hydrogens (tertiary/aromatic N) is 2. The van der Waals surface area contributed by atoms with Gasteiger partial charge in [0.15, 0.2) is 4.32 Å². The van der Waals surface area contributed by atoms with Crippen LogP contribution in [0.5, 0.6) is 11.5 Å². The van der Waals surface area contributed by atoms with Crippen LogP contribution in [0, 0.1) is 0 Å². The zero-order chi connectivity index (χ0) is 21.4. The van der Waals surface area contributed by atoms with Crippen LogP contribution in [0.3, 0.4) is 0 Å². The predicted octanol–water partition coefficient (Wildman–Crippen LogP) is 4.05. The van der Waals surface area contributed by atoms with E-state index < -0.39 is 11.7 Å². The Morgan fingerprint density at radius 2 is 2.03 bits per heavy atom. The minimum absolute atomic E-state index is 0.256. The Labute approximate surface area is 180 Å². The zero-order valence-corrected chi connectivity index (χ0v) is 17.2. The molecule has 1 fully saturated rings. The van der Waals surface area contributed by atoms with Crippen molar-refractivity contribution in [3.63, 3.8) is 0 Å². The van der Waals surface area contributed by atoms with Gasteiger partial charge in [0.2, 0.25) is 0 Å². The van der Waals surface area contributed by atoms with Crippen molar-refractivity contribution in [1.29, 1.82) is 0 Å². The number of amides is 1. The first-order valence-electron chi connectivity index (χ1n) is 8.67. The maximum atomic E-state index is 12.9. The molecule has 150 valence electrons. The first kappa shape index (κ1) is 19.9. The Morgan fingerprint density at radius 3 is 2.73 bits per heavy atom. The molecule has 3 aromatic rings. The molecule has 0 aliphatic carbocycles. The number of hydrogen-bond donors (Lipinski definition) is 2. The fourth-order valence-electron chi connectivity index (χ4n) is 3.04. The normalized spacial score (nSPS) is 15.2. The van der Waals surface area contributed by atoms with Crippen LogP contribution in [0.4, 0.5) is 5.69 Å². The molecule has 9 heteroatoms. The Hall–Kier alpha value is -3.43. The number of thiocarbonyl (C=S) groups is 1. The molecule has 0 spiro atoms. The fraction of sp³-hybridized carbons (Fsp3) is 0.0476. The van der Waals surface area contributed by atoms with Crippen molar-refractivity contribution < 1.29 is 24.5 Å². The number of para-hydroxylation sites is 1. The van der Waals surface area contributed by atoms with Crippen molar-refractivity contribution in [3.05, 3.63) is 64.7 Å². The van der Waals surface area contributed by atoms with Crippen LogP contribution in [0.25, 0.3) is 17.0 Å². The SMILES string of the molecule is COc1cccc2ccc(/C=C3/SC(=S)N(c4ccc(C(=O)O)c(O)c4)C3=O)nc12. The van der Waals surface area contributed by atoms with Crippen LogP contribution in [-0.4, -0.2) is 38.5 Å². The maximum Gasteiger partial charge on any atom is 0.339 e. The molecular formula is C21H14N2O5S2. The van der Waals surface area contributed by atoms with E-state index in [1.54, 1.807) is 19.3 Å². The lowest BCUT2D eigenvalue weighted by atomic mass is 10.1. The molecule has 30 heavy (non-hydrogen) atoms. The van der Waals surface area contributed by atoms with E-state index in [0.29, 0.717) is 21.9 Å². The molecule has 1 saturated heterocycles. The zero-order valence-electron chi connectivity index (χ0n) is 15.5. The van der Waals surface area contributed by atoms with Crippen molar-refractivity contribution in [2.45, 2.75) is 0 Å². The smallest absolute Gasteiger partial charge is 0.339 e. The maximum absolute atomic E-state index is 12.9. The number of aromatic carboxylic acids is 1. The van der Waals surface area contributed by atoms with Gasteiger partial charge < -0.3 is 14.9 Å². The summed E-state index contributed by atoms with van der Waals surface area (Å²) in [6.07, 6.45) is 1.64. The van der Waals surface area contributed by atoms with Crippen LogP contribution in [0.1, 0.15) is 16.1 Å². The summed E-state index contributed by atoms with van der Waals surface area (Å²) in [7, 11) is 1.57. The number of anilines is 1. The number of rotatable bonds is 4. The van der Waals surface area contributed by atoms with Crippen molar-refractivity contribution in [3.8, 4) is 11.5 Å². The second-order valence-electron chi connectivity index (χ2n) is 6.29. The van der Waals surface area contributed by atoms with Crippen molar-refractivity contribution in [2.24, 2.45) is 0 Å². The number of aromatic hydroxyl groups is 1. The topological polar surface area (TPSA) is 100.0 Å². The Balaban J connectivity index is 1.69. The van der Waals surface area contributed by atoms with Gasteiger partial charge in [0.1, 0.15) is 22.6 Å². The van der Waals surface area contributed by atoms with Gasteiger partial charge in [-0.15, -0.1) is 0 Å². The third-order valence-corrected chi connectivity index (χ3v) is 5.77. The molecule has 0 atom stereocenters. The van der Waals surface area contributed by atoms with Crippen molar-refractivity contribution in [2.75, 3.05) is 12.0 Å². The number of ether oxygens (including phenoxy) is 1. The lowest BCUT2D eigenvalue weighted by Gasteiger charge is -2.15. The lowest BCUT2D eigenvalue weighted by molar-refractivity contribution is -0.113. The number of aromatic nitrogens is 1. The van der Waals surface area contributed by atoms with E-state index in [-0.39, 0.29) is 21.5 Å². The van der Waals surface area contributed by atoms with Gasteiger partial charge in [0.05, 0.1) is 23.4 Å². The number of carboxylic acid groups (broad SMARTS) is 1. The molecule has 1 amide bonds. The summed E-state index contributed by atoms with van der Waals surface area (Å²) in [5, 5.41) is 19.9. The number of carboxylic acids is 1. The third-order valence-electron chi connectivity index (χ3n) is 4.47. The number of benzene rings is 2. The molecule has 0 unspecified atom stereocenters. The van der Waals surface area contributed by atoms with E-state index in [1.165, 1.54) is 23.1 Å². The number of fused-ring (bicyclic) bond motifs is 1. The van der Waals surface area contributed by atoms with E-state index in [0.717, 1.165) is 17.1 Å². The summed E-state index contributed by atoms with van der Waals surface area (Å²) in [5.74, 6) is -1.46. The number of carbonyl (C=O) groups is 2. The quantitative estimate of drug-likeness (QED) is 0.465. The molecule has 1 aliphatic heterocycles. The van der Waals surface area contributed by atoms with Gasteiger partial charge >= 0.3 is 5.97 Å². The second kappa shape index (κ2) is 7.77. The highest BCUT2D eigenvalue weighted by Gasteiger charge is 2.34. The number of phenols is 1. The van der Waals surface area contributed by atoms with Gasteiger partial charge in [-0.3, -0.25) is 9.69 Å². The molecule has 0 saturated carbocycles. The molecule has 4 rings (SSSR count). The summed E-state index contributed by atoms with van der Waals surface area (Å²) in [6, 6.07) is 13.1. The summed E-state index contributed by atoms with van der Waals surface area (Å²) in [6.45, 7) is 0. The molecule has 0 bridgehead atoms. The summed E-state index contributed by atoms with van der Waals surface area (Å²) in [4.78, 5) is 30.2. The Bertz CT molecular complexity index is 1260. The Kier molecular flexibility index (Phi) is 5.15. The van der Waals surface area contributed by atoms with Gasteiger partial charge in [-0.05, 0) is 30.3 Å². The van der Waals surface area contributed by atoms with Crippen molar-refractivity contribution in [1.82, 2.24) is 4.98 Å². The highest BCUT2D eigenvalue weighted by atomic mass is 32.2. The number of hydrogen-bond acceptors (Lipinski definition) is 7. The van der Waals surface area contributed by atoms with E-state index in [1.807, 2.05) is 24.3 Å². The van der Waals surface area contributed by atoms with E-state index in [9.17, 15) is 14.7 Å². The van der Waals surface area contributed by atoms with Gasteiger partial charge in [-0.25, -0.2) is 9.78 Å². The summed E-state index contributed by atoms with van der Waals surface area (Å²) in [5.41, 5.74) is 1.28. The van der Waals surface area contributed by atoms with Crippen LogP contribution < -0.4 is 9.64 Å². The summed E-state index contributed by atoms with van der Waals surface area (Å²) < 4.78 is 5.62. The van der Waals surface area contributed by atoms with Crippen LogP contribution in [-0.2, 0) is 4.79 Å². The molecular weight excluding hydrogens is 424 g/mol. The highest BCUT2D eigenvalue weighted by molar-refractivity contribution is 8.27. The monoisotopic (exact) mass is 438 g/mol. The van der Waals surface area contributed by atoms with Gasteiger partial charge in [-0.1, -0.05) is 42.2 Å². The standard InChI is InChI=1S/C21H14N2O5S2/c1-28-16-4-2-3-11-5-6-12(22-18(11)16)9-17-19(25)23(21(29)30-17)13-7-8-14(20(26)27)15(24)10-13/h2-10,24H,1H3,(H,26,27)/b17-9+. The molecule has 0 radical (unpaired) electrons. The molecule has 1 aromatic heterocycles. The molecule has 7 nitrogen and oxygen atoms in total. The first-order valence-corrected chi connectivity index (χ1v) is 9.89. The van der Waals surface area contributed by atoms with Gasteiger partial charge in [0, 0.05) is 11.5 Å². The second-order valence-corrected chi connectivity index (χ2v) is 7.97. The first-order chi connectivity index (χ1) is 14.4. The minimum atomic E-state index is -1.26. The number of thioether (sulfide) groups is 1. The van der Waals surface area contributed by atoms with Crippen LogP contribution in [0.15, 0.2) is 53.4 Å². The molecule has 2 N–H and O–H groups in total. The van der Waals surface area contributed by atoms with Crippen molar-refractivity contribution >= 4 is 62.8 Å².